The van der Waals surface area contributed by atoms with Crippen LogP contribution in [0.1, 0.15) is 31.4 Å². The van der Waals surface area contributed by atoms with Crippen molar-refractivity contribution in [2.24, 2.45) is 0 Å². The van der Waals surface area contributed by atoms with Gasteiger partial charge in [0.05, 0.1) is 12.8 Å². The molecule has 2 fully saturated rings. The van der Waals surface area contributed by atoms with Gasteiger partial charge in [-0.05, 0) is 57.1 Å². The van der Waals surface area contributed by atoms with Gasteiger partial charge in [0, 0.05) is 58.4 Å². The maximum absolute atomic E-state index is 5.33. The average Bonchev–Trinajstić information content (AvgIpc) is 3.61. The van der Waals surface area contributed by atoms with Crippen molar-refractivity contribution in [1.82, 2.24) is 25.5 Å². The quantitative estimate of drug-likeness (QED) is 0.424. The number of hydrogen-bond donors (Lipinski definition) is 3. The third kappa shape index (κ3) is 7.20. The van der Waals surface area contributed by atoms with E-state index in [-0.39, 0.29) is 0 Å². The van der Waals surface area contributed by atoms with E-state index in [0.29, 0.717) is 11.7 Å². The highest BCUT2D eigenvalue weighted by molar-refractivity contribution is 7.80. The molecule has 2 aromatic heterocycles. The number of furan rings is 1. The zero-order valence-corrected chi connectivity index (χ0v) is 20.4. The van der Waals surface area contributed by atoms with Crippen LogP contribution in [0.3, 0.4) is 0 Å². The number of rotatable bonds is 11. The van der Waals surface area contributed by atoms with Gasteiger partial charge in [-0.1, -0.05) is 0 Å². The molecule has 2 saturated heterocycles. The number of thiocarbonyl (C=S) groups is 1. The van der Waals surface area contributed by atoms with Crippen LogP contribution in [0.15, 0.2) is 28.9 Å². The average molecular weight is 473 g/mol. The highest BCUT2D eigenvalue weighted by Crippen LogP contribution is 2.25. The fourth-order valence-electron chi connectivity index (χ4n) is 4.17. The minimum atomic E-state index is 0.594. The van der Waals surface area contributed by atoms with E-state index in [1.807, 2.05) is 12.1 Å². The van der Waals surface area contributed by atoms with Crippen LogP contribution in [-0.4, -0.2) is 79.4 Å². The Bertz CT molecular complexity index is 831. The van der Waals surface area contributed by atoms with Gasteiger partial charge in [-0.2, -0.15) is 9.97 Å². The molecular weight excluding hydrogens is 436 g/mol. The first-order chi connectivity index (χ1) is 16.2. The summed E-state index contributed by atoms with van der Waals surface area (Å²) < 4.78 is 5.30. The summed E-state index contributed by atoms with van der Waals surface area (Å²) in [6.07, 6.45) is 6.60. The molecule has 2 aromatic rings. The van der Waals surface area contributed by atoms with E-state index in [9.17, 15) is 0 Å². The molecule has 0 saturated carbocycles. The first kappa shape index (κ1) is 23.6. The van der Waals surface area contributed by atoms with Crippen molar-refractivity contribution >= 4 is 34.9 Å². The lowest BCUT2D eigenvalue weighted by Gasteiger charge is -2.22. The highest BCUT2D eigenvalue weighted by Gasteiger charge is 2.20. The Morgan fingerprint density at radius 1 is 1.03 bits per heavy atom. The first-order valence-corrected chi connectivity index (χ1v) is 12.4. The fourth-order valence-corrected chi connectivity index (χ4v) is 4.34. The molecule has 180 valence electrons. The molecule has 4 heterocycles. The lowest BCUT2D eigenvalue weighted by molar-refractivity contribution is 0.351. The van der Waals surface area contributed by atoms with Crippen LogP contribution >= 0.6 is 12.2 Å². The lowest BCUT2D eigenvalue weighted by atomic mass is 10.4. The molecule has 0 bridgehead atoms. The molecule has 2 aliphatic rings. The SMILES string of the molecule is CN(CCNC(=S)NCc1ccco1)CCNc1cc(N2CCCC2)nc(N2CCCC2)n1. The molecule has 2 aliphatic heterocycles. The summed E-state index contributed by atoms with van der Waals surface area (Å²) >= 11 is 5.33. The van der Waals surface area contributed by atoms with Crippen LogP contribution in [0.5, 0.6) is 0 Å². The number of likely N-dealkylation sites (N-methyl/N-ethyl adjacent to an activating group) is 1. The van der Waals surface area contributed by atoms with Crippen molar-refractivity contribution < 1.29 is 4.42 Å². The van der Waals surface area contributed by atoms with E-state index in [0.717, 1.165) is 75.7 Å². The number of aromatic nitrogens is 2. The molecule has 0 aliphatic carbocycles. The second-order valence-corrected chi connectivity index (χ2v) is 9.13. The maximum atomic E-state index is 5.33. The van der Waals surface area contributed by atoms with Gasteiger partial charge in [-0.25, -0.2) is 0 Å². The summed E-state index contributed by atoms with van der Waals surface area (Å²) in [5, 5.41) is 10.6. The second-order valence-electron chi connectivity index (χ2n) is 8.72. The molecule has 10 heteroatoms. The largest absolute Gasteiger partial charge is 0.467 e. The Morgan fingerprint density at radius 3 is 2.48 bits per heavy atom. The summed E-state index contributed by atoms with van der Waals surface area (Å²) in [5.41, 5.74) is 0. The molecule has 0 aromatic carbocycles. The Balaban J connectivity index is 1.20. The Labute approximate surface area is 201 Å². The normalized spacial score (nSPS) is 15.9. The summed E-state index contributed by atoms with van der Waals surface area (Å²) in [6.45, 7) is 8.29. The smallest absolute Gasteiger partial charge is 0.229 e. The van der Waals surface area contributed by atoms with Crippen molar-refractivity contribution in [3.8, 4) is 0 Å². The van der Waals surface area contributed by atoms with E-state index in [2.05, 4.69) is 43.8 Å². The molecule has 0 spiro atoms. The van der Waals surface area contributed by atoms with Crippen LogP contribution in [0.2, 0.25) is 0 Å². The van der Waals surface area contributed by atoms with E-state index >= 15 is 0 Å². The molecule has 0 unspecified atom stereocenters. The number of hydrogen-bond acceptors (Lipinski definition) is 8. The summed E-state index contributed by atoms with van der Waals surface area (Å²) in [6, 6.07) is 5.91. The van der Waals surface area contributed by atoms with Crippen molar-refractivity contribution in [3.63, 3.8) is 0 Å². The van der Waals surface area contributed by atoms with Crippen molar-refractivity contribution in [3.05, 3.63) is 30.2 Å². The first-order valence-electron chi connectivity index (χ1n) is 12.0. The number of anilines is 3. The molecular formula is C23H36N8OS. The second kappa shape index (κ2) is 12.0. The van der Waals surface area contributed by atoms with Crippen LogP contribution in [0.4, 0.5) is 17.6 Å². The zero-order chi connectivity index (χ0) is 22.9. The van der Waals surface area contributed by atoms with Crippen LogP contribution in [0, 0.1) is 0 Å². The summed E-state index contributed by atoms with van der Waals surface area (Å²) in [5.74, 6) is 3.71. The van der Waals surface area contributed by atoms with E-state index in [1.54, 1.807) is 6.26 Å². The van der Waals surface area contributed by atoms with E-state index < -0.39 is 0 Å². The molecule has 4 rings (SSSR count). The van der Waals surface area contributed by atoms with Crippen molar-refractivity contribution in [2.45, 2.75) is 32.2 Å². The lowest BCUT2D eigenvalue weighted by Crippen LogP contribution is -2.39. The standard InChI is InChI=1S/C23H36N8OS/c1-29(15-9-25-23(33)26-18-19-7-6-16-32-19)14-8-24-20-17-21(30-10-2-3-11-30)28-22(27-20)31-12-4-5-13-31/h6-7,16-17H,2-5,8-15,18H2,1H3,(H,24,27,28)(H2,25,26,33). The number of nitrogens with zero attached hydrogens (tertiary/aromatic N) is 5. The Kier molecular flexibility index (Phi) is 8.59. The number of nitrogens with one attached hydrogen (secondary N) is 3. The van der Waals surface area contributed by atoms with Gasteiger partial charge in [0.25, 0.3) is 0 Å². The third-order valence-electron chi connectivity index (χ3n) is 6.10. The minimum absolute atomic E-state index is 0.594. The molecule has 3 N–H and O–H groups in total. The molecule has 9 nitrogen and oxygen atoms in total. The van der Waals surface area contributed by atoms with Gasteiger partial charge in [-0.3, -0.25) is 0 Å². The third-order valence-corrected chi connectivity index (χ3v) is 6.39. The van der Waals surface area contributed by atoms with Gasteiger partial charge >= 0.3 is 0 Å². The molecule has 0 amide bonds. The van der Waals surface area contributed by atoms with E-state index in [1.165, 1.54) is 25.7 Å². The van der Waals surface area contributed by atoms with Crippen molar-refractivity contribution in [1.29, 1.82) is 0 Å². The Morgan fingerprint density at radius 2 is 1.76 bits per heavy atom. The van der Waals surface area contributed by atoms with Crippen LogP contribution in [-0.2, 0) is 6.54 Å². The predicted octanol–water partition coefficient (Wildman–Crippen LogP) is 2.28. The van der Waals surface area contributed by atoms with Crippen LogP contribution in [0.25, 0.3) is 0 Å². The van der Waals surface area contributed by atoms with Crippen LogP contribution < -0.4 is 25.8 Å². The predicted molar refractivity (Wildman–Crippen MR) is 137 cm³/mol. The molecule has 0 atom stereocenters. The van der Waals surface area contributed by atoms with Gasteiger partial charge in [0.1, 0.15) is 17.4 Å². The molecule has 0 radical (unpaired) electrons. The van der Waals surface area contributed by atoms with E-state index in [4.69, 9.17) is 26.6 Å². The minimum Gasteiger partial charge on any atom is -0.467 e. The van der Waals surface area contributed by atoms with Crippen molar-refractivity contribution in [2.75, 3.05) is 74.5 Å². The van der Waals surface area contributed by atoms with Gasteiger partial charge in [0.15, 0.2) is 5.11 Å². The monoisotopic (exact) mass is 472 g/mol. The topological polar surface area (TPSA) is 84.7 Å². The maximum Gasteiger partial charge on any atom is 0.229 e. The van der Waals surface area contributed by atoms with Gasteiger partial charge in [0.2, 0.25) is 5.95 Å². The molecule has 33 heavy (non-hydrogen) atoms. The summed E-state index contributed by atoms with van der Waals surface area (Å²) in [4.78, 5) is 16.7. The highest BCUT2D eigenvalue weighted by atomic mass is 32.1. The zero-order valence-electron chi connectivity index (χ0n) is 19.6. The van der Waals surface area contributed by atoms with Gasteiger partial charge in [-0.15, -0.1) is 0 Å². The summed E-state index contributed by atoms with van der Waals surface area (Å²) in [7, 11) is 2.12. The Hall–Kier alpha value is -2.59. The fraction of sp³-hybridized carbons (Fsp3) is 0.609. The van der Waals surface area contributed by atoms with Gasteiger partial charge < -0.3 is 35.1 Å².